The van der Waals surface area contributed by atoms with Crippen molar-refractivity contribution < 1.29 is 24.4 Å². The molecule has 2 aromatic rings. The summed E-state index contributed by atoms with van der Waals surface area (Å²) in [5.74, 6) is -2.39. The molecule has 0 radical (unpaired) electrons. The van der Waals surface area contributed by atoms with E-state index in [9.17, 15) is 14.8 Å². The van der Waals surface area contributed by atoms with Crippen LogP contribution in [0.2, 0.25) is 5.02 Å². The topological polar surface area (TPSA) is 111 Å². The van der Waals surface area contributed by atoms with E-state index in [0.29, 0.717) is 23.7 Å². The van der Waals surface area contributed by atoms with E-state index in [0.717, 1.165) is 17.7 Å². The van der Waals surface area contributed by atoms with Gasteiger partial charge in [-0.25, -0.2) is 9.59 Å². The molecule has 0 fully saturated rings. The van der Waals surface area contributed by atoms with Crippen molar-refractivity contribution in [2.75, 3.05) is 20.6 Å². The SMILES string of the molecule is C[N+](C)([O-])CCC(c1ccc(Cl)cc1)c1ccccn1.O=C(O)/C=C\C(=O)O. The molecule has 0 aliphatic heterocycles. The minimum Gasteiger partial charge on any atom is -0.633 e. The third-order valence-corrected chi connectivity index (χ3v) is 3.89. The molecule has 1 heterocycles. The molecule has 0 spiro atoms. The molecule has 1 aromatic heterocycles. The highest BCUT2D eigenvalue weighted by molar-refractivity contribution is 6.30. The van der Waals surface area contributed by atoms with Crippen molar-refractivity contribution in [3.05, 3.63) is 82.3 Å². The Morgan fingerprint density at radius 3 is 2.11 bits per heavy atom. The predicted octanol–water partition coefficient (Wildman–Crippen LogP) is 3.54. The first-order valence-electron chi connectivity index (χ1n) is 8.43. The van der Waals surface area contributed by atoms with Gasteiger partial charge in [0.15, 0.2) is 0 Å². The van der Waals surface area contributed by atoms with Crippen molar-refractivity contribution in [3.8, 4) is 0 Å². The minimum atomic E-state index is -1.26. The summed E-state index contributed by atoms with van der Waals surface area (Å²) in [6.45, 7) is 0.546. The van der Waals surface area contributed by atoms with Crippen molar-refractivity contribution in [1.29, 1.82) is 0 Å². The van der Waals surface area contributed by atoms with Gasteiger partial charge in [-0.2, -0.15) is 0 Å². The van der Waals surface area contributed by atoms with Gasteiger partial charge in [0.05, 0.1) is 20.6 Å². The summed E-state index contributed by atoms with van der Waals surface area (Å²) < 4.78 is -0.295. The third kappa shape index (κ3) is 9.82. The molecular formula is C20H23ClN2O5. The van der Waals surface area contributed by atoms with Crippen LogP contribution in [0.4, 0.5) is 0 Å². The number of aliphatic carboxylic acids is 2. The van der Waals surface area contributed by atoms with Crippen LogP contribution in [-0.4, -0.2) is 52.4 Å². The maximum atomic E-state index is 11.8. The number of rotatable bonds is 7. The van der Waals surface area contributed by atoms with Crippen molar-refractivity contribution in [1.82, 2.24) is 4.98 Å². The van der Waals surface area contributed by atoms with Crippen molar-refractivity contribution in [2.24, 2.45) is 0 Å². The van der Waals surface area contributed by atoms with E-state index in [4.69, 9.17) is 21.8 Å². The van der Waals surface area contributed by atoms with Gasteiger partial charge < -0.3 is 20.1 Å². The molecule has 0 aliphatic rings. The highest BCUT2D eigenvalue weighted by Crippen LogP contribution is 2.28. The zero-order chi connectivity index (χ0) is 21.2. The molecule has 28 heavy (non-hydrogen) atoms. The van der Waals surface area contributed by atoms with E-state index in [1.807, 2.05) is 42.5 Å². The minimum absolute atomic E-state index is 0.125. The van der Waals surface area contributed by atoms with Gasteiger partial charge in [0.1, 0.15) is 0 Å². The van der Waals surface area contributed by atoms with E-state index in [-0.39, 0.29) is 10.6 Å². The van der Waals surface area contributed by atoms with Crippen molar-refractivity contribution >= 4 is 23.5 Å². The van der Waals surface area contributed by atoms with Gasteiger partial charge in [-0.3, -0.25) is 4.98 Å². The van der Waals surface area contributed by atoms with Crippen LogP contribution in [0.3, 0.4) is 0 Å². The van der Waals surface area contributed by atoms with E-state index in [1.165, 1.54) is 0 Å². The standard InChI is InChI=1S/C16H19ClN2O.C4H4O4/c1-19(2,20)12-10-15(16-5-3-4-11-18-16)13-6-8-14(17)9-7-13;5-3(6)1-2-4(7)8/h3-9,11,15H,10,12H2,1-2H3;1-2H,(H,5,6)(H,7,8)/b;2-1-. The average molecular weight is 407 g/mol. The number of nitrogens with zero attached hydrogens (tertiary/aromatic N) is 2. The van der Waals surface area contributed by atoms with Crippen LogP contribution in [0.5, 0.6) is 0 Å². The van der Waals surface area contributed by atoms with Gasteiger partial charge in [-0.1, -0.05) is 29.8 Å². The van der Waals surface area contributed by atoms with Gasteiger partial charge in [0.2, 0.25) is 0 Å². The lowest BCUT2D eigenvalue weighted by molar-refractivity contribution is -0.840. The largest absolute Gasteiger partial charge is 0.633 e. The number of benzene rings is 1. The Bertz CT molecular complexity index is 770. The van der Waals surface area contributed by atoms with Crippen LogP contribution >= 0.6 is 11.6 Å². The lowest BCUT2D eigenvalue weighted by atomic mass is 9.92. The molecule has 0 aliphatic carbocycles. The summed E-state index contributed by atoms with van der Waals surface area (Å²) in [5, 5.41) is 28.2. The molecule has 2 rings (SSSR count). The Balaban J connectivity index is 0.000000416. The number of hydroxylamine groups is 3. The van der Waals surface area contributed by atoms with Gasteiger partial charge >= 0.3 is 11.9 Å². The van der Waals surface area contributed by atoms with Crippen molar-refractivity contribution in [3.63, 3.8) is 0 Å². The number of carboxylic acid groups (broad SMARTS) is 2. The monoisotopic (exact) mass is 406 g/mol. The lowest BCUT2D eigenvalue weighted by Crippen LogP contribution is -2.34. The van der Waals surface area contributed by atoms with Crippen LogP contribution < -0.4 is 0 Å². The molecule has 7 nitrogen and oxygen atoms in total. The van der Waals surface area contributed by atoms with Gasteiger partial charge in [0.25, 0.3) is 0 Å². The molecule has 0 saturated heterocycles. The number of quaternary nitrogens is 1. The molecule has 1 unspecified atom stereocenters. The smallest absolute Gasteiger partial charge is 0.328 e. The van der Waals surface area contributed by atoms with E-state index >= 15 is 0 Å². The fraction of sp³-hybridized carbons (Fsp3) is 0.250. The first-order chi connectivity index (χ1) is 13.1. The Morgan fingerprint density at radius 1 is 1.11 bits per heavy atom. The number of carboxylic acids is 2. The molecule has 2 N–H and O–H groups in total. The molecule has 8 heteroatoms. The molecule has 150 valence electrons. The third-order valence-electron chi connectivity index (χ3n) is 3.64. The van der Waals surface area contributed by atoms with Crippen LogP contribution in [-0.2, 0) is 9.59 Å². The molecule has 0 amide bonds. The number of halogens is 1. The lowest BCUT2D eigenvalue weighted by Gasteiger charge is -2.35. The number of hydrogen-bond acceptors (Lipinski definition) is 4. The predicted molar refractivity (Wildman–Crippen MR) is 107 cm³/mol. The average Bonchev–Trinajstić information content (AvgIpc) is 2.62. The number of aromatic nitrogens is 1. The Hall–Kier alpha value is -2.74. The summed E-state index contributed by atoms with van der Waals surface area (Å²) in [4.78, 5) is 23.5. The number of pyridine rings is 1. The first-order valence-corrected chi connectivity index (χ1v) is 8.80. The van der Waals surface area contributed by atoms with Gasteiger partial charge in [0, 0.05) is 41.4 Å². The second kappa shape index (κ2) is 11.2. The molecule has 0 saturated carbocycles. The van der Waals surface area contributed by atoms with Gasteiger partial charge in [-0.15, -0.1) is 0 Å². The summed E-state index contributed by atoms with van der Waals surface area (Å²) >= 11 is 5.94. The van der Waals surface area contributed by atoms with E-state index in [1.54, 1.807) is 20.3 Å². The maximum Gasteiger partial charge on any atom is 0.328 e. The zero-order valence-electron chi connectivity index (χ0n) is 15.7. The molecule has 0 bridgehead atoms. The quantitative estimate of drug-likeness (QED) is 0.413. The summed E-state index contributed by atoms with van der Waals surface area (Å²) in [6, 6.07) is 13.6. The maximum absolute atomic E-state index is 11.8. The zero-order valence-corrected chi connectivity index (χ0v) is 16.4. The normalized spacial score (nSPS) is 12.1. The molecule has 1 aromatic carbocycles. The first kappa shape index (κ1) is 23.3. The van der Waals surface area contributed by atoms with Gasteiger partial charge in [-0.05, 0) is 29.8 Å². The summed E-state index contributed by atoms with van der Waals surface area (Å²) in [5.41, 5.74) is 2.13. The fourth-order valence-electron chi connectivity index (χ4n) is 2.35. The fourth-order valence-corrected chi connectivity index (χ4v) is 2.47. The van der Waals surface area contributed by atoms with E-state index in [2.05, 4.69) is 4.98 Å². The molecular weight excluding hydrogens is 384 g/mol. The second-order valence-corrected chi connectivity index (χ2v) is 6.89. The summed E-state index contributed by atoms with van der Waals surface area (Å²) in [6.07, 6.45) is 3.66. The van der Waals surface area contributed by atoms with Crippen LogP contribution in [0.25, 0.3) is 0 Å². The van der Waals surface area contributed by atoms with Crippen LogP contribution in [0.1, 0.15) is 23.6 Å². The Morgan fingerprint density at radius 2 is 1.68 bits per heavy atom. The summed E-state index contributed by atoms with van der Waals surface area (Å²) in [7, 11) is 3.33. The highest BCUT2D eigenvalue weighted by atomic mass is 35.5. The second-order valence-electron chi connectivity index (χ2n) is 6.45. The number of carbonyl (C=O) groups is 2. The Kier molecular flexibility index (Phi) is 9.31. The Labute approximate surface area is 168 Å². The van der Waals surface area contributed by atoms with E-state index < -0.39 is 11.9 Å². The van der Waals surface area contributed by atoms with Crippen LogP contribution in [0.15, 0.2) is 60.8 Å². The van der Waals surface area contributed by atoms with Crippen LogP contribution in [0, 0.1) is 5.21 Å². The molecule has 1 atom stereocenters. The van der Waals surface area contributed by atoms with Crippen molar-refractivity contribution in [2.45, 2.75) is 12.3 Å². The highest BCUT2D eigenvalue weighted by Gasteiger charge is 2.18. The number of hydrogen-bond donors (Lipinski definition) is 2.